The molecule has 2 aromatic rings. The van der Waals surface area contributed by atoms with Gasteiger partial charge in [0.1, 0.15) is 0 Å². The maximum Gasteiger partial charge on any atom is 0.416 e. The summed E-state index contributed by atoms with van der Waals surface area (Å²) in [6.45, 7) is 4.31. The molecule has 2 amide bonds. The van der Waals surface area contributed by atoms with E-state index in [0.29, 0.717) is 25.3 Å². The Morgan fingerprint density at radius 2 is 2.00 bits per heavy atom. The molecule has 1 aliphatic heterocycles. The van der Waals surface area contributed by atoms with E-state index in [9.17, 15) is 22.4 Å². The van der Waals surface area contributed by atoms with Gasteiger partial charge in [0.25, 0.3) is 0 Å². The van der Waals surface area contributed by atoms with Gasteiger partial charge in [-0.25, -0.2) is 14.2 Å². The Bertz CT molecular complexity index is 871. The standard InChI is InChI=1S/C19H20F4N4O/c1-12-10-14(5-6-15(12)19(21,22)23)25-18(28)27-9-8-26(11-13(27)2)17-16(20)4-3-7-24-17/h3-7,10,13H,8-9,11H2,1-2H3,(H,25,28). The lowest BCUT2D eigenvalue weighted by atomic mass is 10.1. The molecule has 1 fully saturated rings. The highest BCUT2D eigenvalue weighted by atomic mass is 19.4. The summed E-state index contributed by atoms with van der Waals surface area (Å²) >= 11 is 0. The van der Waals surface area contributed by atoms with E-state index in [2.05, 4.69) is 10.3 Å². The van der Waals surface area contributed by atoms with Gasteiger partial charge in [-0.1, -0.05) is 0 Å². The molecule has 0 aliphatic carbocycles. The number of benzene rings is 1. The maximum absolute atomic E-state index is 13.9. The van der Waals surface area contributed by atoms with Gasteiger partial charge < -0.3 is 15.1 Å². The second kappa shape index (κ2) is 7.65. The minimum Gasteiger partial charge on any atom is -0.350 e. The SMILES string of the molecule is Cc1cc(NC(=O)N2CCN(c3ncccc3F)CC2C)ccc1C(F)(F)F. The lowest BCUT2D eigenvalue weighted by Gasteiger charge is -2.40. The van der Waals surface area contributed by atoms with Crippen molar-refractivity contribution in [2.75, 3.05) is 29.9 Å². The quantitative estimate of drug-likeness (QED) is 0.771. The highest BCUT2D eigenvalue weighted by molar-refractivity contribution is 5.90. The molecule has 1 saturated heterocycles. The van der Waals surface area contributed by atoms with Crippen molar-refractivity contribution in [1.82, 2.24) is 9.88 Å². The molecule has 1 N–H and O–H groups in total. The van der Waals surface area contributed by atoms with E-state index in [1.165, 1.54) is 37.4 Å². The first-order chi connectivity index (χ1) is 13.2. The van der Waals surface area contributed by atoms with E-state index in [1.54, 1.807) is 9.80 Å². The normalized spacial score (nSPS) is 17.6. The van der Waals surface area contributed by atoms with Crippen molar-refractivity contribution >= 4 is 17.5 Å². The van der Waals surface area contributed by atoms with Gasteiger partial charge in [0.2, 0.25) is 0 Å². The van der Waals surface area contributed by atoms with Crippen molar-refractivity contribution < 1.29 is 22.4 Å². The second-order valence-corrected chi connectivity index (χ2v) is 6.75. The number of halogens is 4. The number of carbonyl (C=O) groups excluding carboxylic acids is 1. The number of hydrogen-bond donors (Lipinski definition) is 1. The first kappa shape index (κ1) is 19.9. The number of rotatable bonds is 2. The van der Waals surface area contributed by atoms with Crippen molar-refractivity contribution in [1.29, 1.82) is 0 Å². The molecule has 0 spiro atoms. The number of piperazine rings is 1. The van der Waals surface area contributed by atoms with E-state index in [0.717, 1.165) is 6.07 Å². The molecule has 3 rings (SSSR count). The van der Waals surface area contributed by atoms with Gasteiger partial charge in [-0.2, -0.15) is 13.2 Å². The smallest absolute Gasteiger partial charge is 0.350 e. The molecule has 0 radical (unpaired) electrons. The molecule has 28 heavy (non-hydrogen) atoms. The van der Waals surface area contributed by atoms with Crippen LogP contribution in [0.2, 0.25) is 0 Å². The Labute approximate surface area is 160 Å². The number of urea groups is 1. The molecule has 9 heteroatoms. The number of aryl methyl sites for hydroxylation is 1. The summed E-state index contributed by atoms with van der Waals surface area (Å²) in [4.78, 5) is 20.0. The van der Waals surface area contributed by atoms with Crippen LogP contribution in [0.25, 0.3) is 0 Å². The fourth-order valence-electron chi connectivity index (χ4n) is 3.32. The fourth-order valence-corrected chi connectivity index (χ4v) is 3.32. The molecule has 1 aromatic heterocycles. The van der Waals surface area contributed by atoms with E-state index in [4.69, 9.17) is 0 Å². The van der Waals surface area contributed by atoms with Crippen LogP contribution >= 0.6 is 0 Å². The van der Waals surface area contributed by atoms with Crippen LogP contribution in [0.1, 0.15) is 18.1 Å². The third-order valence-corrected chi connectivity index (χ3v) is 4.71. The van der Waals surface area contributed by atoms with Crippen molar-refractivity contribution in [3.05, 3.63) is 53.5 Å². The number of aromatic nitrogens is 1. The van der Waals surface area contributed by atoms with Crippen molar-refractivity contribution in [3.63, 3.8) is 0 Å². The molecule has 0 bridgehead atoms. The van der Waals surface area contributed by atoms with Crippen LogP contribution in [-0.4, -0.2) is 41.6 Å². The number of anilines is 2. The topological polar surface area (TPSA) is 48.5 Å². The van der Waals surface area contributed by atoms with Gasteiger partial charge >= 0.3 is 12.2 Å². The maximum atomic E-state index is 13.9. The molecule has 1 atom stereocenters. The average molecular weight is 396 g/mol. The second-order valence-electron chi connectivity index (χ2n) is 6.75. The summed E-state index contributed by atoms with van der Waals surface area (Å²) in [6, 6.07) is 5.69. The summed E-state index contributed by atoms with van der Waals surface area (Å²) in [5.74, 6) is -0.180. The number of carbonyl (C=O) groups is 1. The first-order valence-corrected chi connectivity index (χ1v) is 8.77. The summed E-state index contributed by atoms with van der Waals surface area (Å²) in [5, 5.41) is 2.64. The zero-order valence-electron chi connectivity index (χ0n) is 15.4. The predicted molar refractivity (Wildman–Crippen MR) is 97.8 cm³/mol. The Hall–Kier alpha value is -2.84. The predicted octanol–water partition coefficient (Wildman–Crippen LogP) is 4.29. The van der Waals surface area contributed by atoms with Gasteiger partial charge in [-0.3, -0.25) is 0 Å². The van der Waals surface area contributed by atoms with Crippen LogP contribution in [0.3, 0.4) is 0 Å². The van der Waals surface area contributed by atoms with Crippen LogP contribution in [0.5, 0.6) is 0 Å². The van der Waals surface area contributed by atoms with E-state index in [-0.39, 0.29) is 17.4 Å². The zero-order chi connectivity index (χ0) is 20.5. The highest BCUT2D eigenvalue weighted by Gasteiger charge is 2.33. The first-order valence-electron chi connectivity index (χ1n) is 8.77. The van der Waals surface area contributed by atoms with Crippen LogP contribution in [0.15, 0.2) is 36.5 Å². The highest BCUT2D eigenvalue weighted by Crippen LogP contribution is 2.33. The Morgan fingerprint density at radius 3 is 2.61 bits per heavy atom. The summed E-state index contributed by atoms with van der Waals surface area (Å²) in [6.07, 6.45) is -2.92. The molecule has 5 nitrogen and oxygen atoms in total. The minimum absolute atomic E-state index is 0.0359. The minimum atomic E-state index is -4.43. The number of nitrogens with one attached hydrogen (secondary N) is 1. The van der Waals surface area contributed by atoms with Crippen LogP contribution < -0.4 is 10.2 Å². The summed E-state index contributed by atoms with van der Waals surface area (Å²) in [5.41, 5.74) is -0.403. The molecule has 1 aliphatic rings. The molecule has 1 unspecified atom stereocenters. The third-order valence-electron chi connectivity index (χ3n) is 4.71. The zero-order valence-corrected chi connectivity index (χ0v) is 15.4. The average Bonchev–Trinajstić information content (AvgIpc) is 2.60. The third kappa shape index (κ3) is 4.18. The van der Waals surface area contributed by atoms with Crippen molar-refractivity contribution in [2.45, 2.75) is 26.1 Å². The van der Waals surface area contributed by atoms with E-state index < -0.39 is 23.6 Å². The van der Waals surface area contributed by atoms with Gasteiger partial charge in [-0.15, -0.1) is 0 Å². The van der Waals surface area contributed by atoms with Gasteiger partial charge in [0.15, 0.2) is 11.6 Å². The molecular formula is C19H20F4N4O. The van der Waals surface area contributed by atoms with Crippen molar-refractivity contribution in [2.24, 2.45) is 0 Å². The van der Waals surface area contributed by atoms with Crippen LogP contribution in [0.4, 0.5) is 33.9 Å². The van der Waals surface area contributed by atoms with E-state index in [1.807, 2.05) is 6.92 Å². The van der Waals surface area contributed by atoms with Crippen LogP contribution in [0, 0.1) is 12.7 Å². The number of alkyl halides is 3. The fraction of sp³-hybridized carbons (Fsp3) is 0.368. The molecular weight excluding hydrogens is 376 g/mol. The number of nitrogens with zero attached hydrogens (tertiary/aromatic N) is 3. The molecule has 0 saturated carbocycles. The van der Waals surface area contributed by atoms with Gasteiger partial charge in [-0.05, 0) is 49.7 Å². The number of amides is 2. The monoisotopic (exact) mass is 396 g/mol. The molecule has 150 valence electrons. The lowest BCUT2D eigenvalue weighted by molar-refractivity contribution is -0.138. The molecule has 2 heterocycles. The Balaban J connectivity index is 1.66. The largest absolute Gasteiger partial charge is 0.416 e. The summed E-state index contributed by atoms with van der Waals surface area (Å²) < 4.78 is 52.5. The van der Waals surface area contributed by atoms with Gasteiger partial charge in [0.05, 0.1) is 5.56 Å². The Morgan fingerprint density at radius 1 is 1.25 bits per heavy atom. The van der Waals surface area contributed by atoms with Gasteiger partial charge in [0, 0.05) is 37.6 Å². The summed E-state index contributed by atoms with van der Waals surface area (Å²) in [7, 11) is 0. The number of pyridine rings is 1. The lowest BCUT2D eigenvalue weighted by Crippen LogP contribution is -2.55. The van der Waals surface area contributed by atoms with Crippen molar-refractivity contribution in [3.8, 4) is 0 Å². The Kier molecular flexibility index (Phi) is 5.44. The number of hydrogen-bond acceptors (Lipinski definition) is 3. The van der Waals surface area contributed by atoms with Crippen LogP contribution in [-0.2, 0) is 6.18 Å². The molecule has 1 aromatic carbocycles. The van der Waals surface area contributed by atoms with E-state index >= 15 is 0 Å².